The lowest BCUT2D eigenvalue weighted by Crippen LogP contribution is -2.21. The van der Waals surface area contributed by atoms with Gasteiger partial charge in [0.05, 0.1) is 10.0 Å². The Morgan fingerprint density at radius 2 is 1.70 bits per heavy atom. The highest BCUT2D eigenvalue weighted by Crippen LogP contribution is 2.37. The zero-order valence-corrected chi connectivity index (χ0v) is 13.7. The van der Waals surface area contributed by atoms with Gasteiger partial charge in [-0.15, -0.1) is 0 Å². The highest BCUT2D eigenvalue weighted by atomic mass is 35.5. The molecule has 0 amide bonds. The summed E-state index contributed by atoms with van der Waals surface area (Å²) < 4.78 is 0. The molecule has 0 saturated carbocycles. The van der Waals surface area contributed by atoms with E-state index in [2.05, 4.69) is 19.2 Å². The van der Waals surface area contributed by atoms with Crippen molar-refractivity contribution < 1.29 is 0 Å². The van der Waals surface area contributed by atoms with Gasteiger partial charge < -0.3 is 5.32 Å². The Hall–Kier alpha value is -0.730. The summed E-state index contributed by atoms with van der Waals surface area (Å²) in [6, 6.07) is 12.0. The second-order valence-electron chi connectivity index (χ2n) is 4.95. The molecule has 0 heterocycles. The van der Waals surface area contributed by atoms with Gasteiger partial charge in [0.1, 0.15) is 0 Å². The van der Waals surface area contributed by atoms with Crippen LogP contribution in [0.15, 0.2) is 36.4 Å². The third-order valence-corrected chi connectivity index (χ3v) is 4.12. The highest BCUT2D eigenvalue weighted by molar-refractivity contribution is 6.44. The van der Waals surface area contributed by atoms with Gasteiger partial charge in [0.2, 0.25) is 0 Å². The van der Waals surface area contributed by atoms with E-state index < -0.39 is 0 Å². The molecule has 2 aromatic carbocycles. The summed E-state index contributed by atoms with van der Waals surface area (Å²) in [6.45, 7) is 5.02. The first kappa shape index (κ1) is 15.7. The van der Waals surface area contributed by atoms with Crippen molar-refractivity contribution in [1.82, 2.24) is 5.32 Å². The van der Waals surface area contributed by atoms with Crippen molar-refractivity contribution in [2.45, 2.75) is 26.4 Å². The van der Waals surface area contributed by atoms with Crippen molar-refractivity contribution in [3.63, 3.8) is 0 Å². The summed E-state index contributed by atoms with van der Waals surface area (Å²) in [5, 5.41) is 5.11. The van der Waals surface area contributed by atoms with Crippen molar-refractivity contribution in [2.75, 3.05) is 0 Å². The molecule has 0 spiro atoms. The monoisotopic (exact) mass is 327 g/mol. The van der Waals surface area contributed by atoms with Crippen molar-refractivity contribution in [1.29, 1.82) is 0 Å². The Balaban J connectivity index is 2.32. The van der Waals surface area contributed by atoms with Gasteiger partial charge in [0.25, 0.3) is 0 Å². The third-order valence-electron chi connectivity index (χ3n) is 2.99. The van der Waals surface area contributed by atoms with Gasteiger partial charge in [0.15, 0.2) is 0 Å². The molecule has 106 valence electrons. The molecule has 0 aliphatic rings. The minimum atomic E-state index is 0.441. The van der Waals surface area contributed by atoms with Crippen LogP contribution in [0, 0.1) is 0 Å². The van der Waals surface area contributed by atoms with Crippen LogP contribution in [0.4, 0.5) is 0 Å². The molecule has 0 fully saturated rings. The van der Waals surface area contributed by atoms with Crippen molar-refractivity contribution in [3.8, 4) is 11.1 Å². The van der Waals surface area contributed by atoms with E-state index in [-0.39, 0.29) is 0 Å². The standard InChI is InChI=1S/C16H16Cl3N/c1-10(2)20-9-11-6-7-12(15(18)8-11)13-4-3-5-14(17)16(13)19/h3-8,10,20H,9H2,1-2H3. The summed E-state index contributed by atoms with van der Waals surface area (Å²) in [7, 11) is 0. The number of rotatable bonds is 4. The van der Waals surface area contributed by atoms with Crippen LogP contribution in [-0.4, -0.2) is 6.04 Å². The quantitative estimate of drug-likeness (QED) is 0.746. The minimum absolute atomic E-state index is 0.441. The summed E-state index contributed by atoms with van der Waals surface area (Å²) in [4.78, 5) is 0. The first-order valence-corrected chi connectivity index (χ1v) is 7.58. The average Bonchev–Trinajstić information content (AvgIpc) is 2.40. The minimum Gasteiger partial charge on any atom is -0.310 e. The van der Waals surface area contributed by atoms with E-state index in [9.17, 15) is 0 Å². The fourth-order valence-electron chi connectivity index (χ4n) is 1.92. The molecule has 0 radical (unpaired) electrons. The van der Waals surface area contributed by atoms with E-state index in [0.29, 0.717) is 21.1 Å². The van der Waals surface area contributed by atoms with Gasteiger partial charge in [-0.2, -0.15) is 0 Å². The first-order chi connectivity index (χ1) is 9.49. The Kier molecular flexibility index (Phi) is 5.34. The van der Waals surface area contributed by atoms with Crippen molar-refractivity contribution >= 4 is 34.8 Å². The molecule has 0 unspecified atom stereocenters. The van der Waals surface area contributed by atoms with Crippen LogP contribution in [0.3, 0.4) is 0 Å². The van der Waals surface area contributed by atoms with Crippen LogP contribution in [0.1, 0.15) is 19.4 Å². The second kappa shape index (κ2) is 6.82. The smallest absolute Gasteiger partial charge is 0.0671 e. The zero-order valence-electron chi connectivity index (χ0n) is 11.4. The summed E-state index contributed by atoms with van der Waals surface area (Å²) in [6.07, 6.45) is 0. The van der Waals surface area contributed by atoms with E-state index >= 15 is 0 Å². The number of hydrogen-bond acceptors (Lipinski definition) is 1. The number of hydrogen-bond donors (Lipinski definition) is 1. The lowest BCUT2D eigenvalue weighted by atomic mass is 10.0. The van der Waals surface area contributed by atoms with E-state index in [0.717, 1.165) is 23.2 Å². The number of halogens is 3. The topological polar surface area (TPSA) is 12.0 Å². The molecule has 1 nitrogen and oxygen atoms in total. The van der Waals surface area contributed by atoms with Crippen LogP contribution >= 0.6 is 34.8 Å². The molecule has 0 aromatic heterocycles. The summed E-state index contributed by atoms with van der Waals surface area (Å²) >= 11 is 18.7. The van der Waals surface area contributed by atoms with Gasteiger partial charge in [0, 0.05) is 28.7 Å². The normalized spacial score (nSPS) is 11.1. The zero-order chi connectivity index (χ0) is 14.7. The molecular weight excluding hydrogens is 313 g/mol. The number of nitrogens with one attached hydrogen (secondary N) is 1. The van der Waals surface area contributed by atoms with Gasteiger partial charge in [-0.25, -0.2) is 0 Å². The fraction of sp³-hybridized carbons (Fsp3) is 0.250. The largest absolute Gasteiger partial charge is 0.310 e. The summed E-state index contributed by atoms with van der Waals surface area (Å²) in [5.74, 6) is 0. The molecule has 0 aliphatic heterocycles. The van der Waals surface area contributed by atoms with Gasteiger partial charge in [-0.3, -0.25) is 0 Å². The van der Waals surface area contributed by atoms with Crippen LogP contribution in [-0.2, 0) is 6.54 Å². The average molecular weight is 329 g/mol. The molecular formula is C16H16Cl3N. The van der Waals surface area contributed by atoms with E-state index in [1.807, 2.05) is 30.3 Å². The molecule has 0 aliphatic carbocycles. The van der Waals surface area contributed by atoms with Gasteiger partial charge in [-0.1, -0.05) is 72.9 Å². The number of benzene rings is 2. The van der Waals surface area contributed by atoms with E-state index in [1.165, 1.54) is 0 Å². The fourth-order valence-corrected chi connectivity index (χ4v) is 2.63. The van der Waals surface area contributed by atoms with Crippen LogP contribution in [0.2, 0.25) is 15.1 Å². The Bertz CT molecular complexity index is 609. The molecule has 0 bridgehead atoms. The Labute approximate surface area is 134 Å². The SMILES string of the molecule is CC(C)NCc1ccc(-c2cccc(Cl)c2Cl)c(Cl)c1. The lowest BCUT2D eigenvalue weighted by Gasteiger charge is -2.12. The first-order valence-electron chi connectivity index (χ1n) is 6.45. The second-order valence-corrected chi connectivity index (χ2v) is 6.14. The van der Waals surface area contributed by atoms with Crippen LogP contribution < -0.4 is 5.32 Å². The van der Waals surface area contributed by atoms with Crippen molar-refractivity contribution in [2.24, 2.45) is 0 Å². The predicted octanol–water partition coefficient (Wildman–Crippen LogP) is 5.81. The molecule has 0 atom stereocenters. The molecule has 1 N–H and O–H groups in total. The maximum Gasteiger partial charge on any atom is 0.0671 e. The maximum absolute atomic E-state index is 6.37. The Morgan fingerprint density at radius 1 is 0.950 bits per heavy atom. The van der Waals surface area contributed by atoms with E-state index in [1.54, 1.807) is 6.07 Å². The molecule has 2 aromatic rings. The van der Waals surface area contributed by atoms with Crippen molar-refractivity contribution in [3.05, 3.63) is 57.0 Å². The maximum atomic E-state index is 6.37. The molecule has 2 rings (SSSR count). The lowest BCUT2D eigenvalue weighted by molar-refractivity contribution is 0.589. The molecule has 0 saturated heterocycles. The van der Waals surface area contributed by atoms with Gasteiger partial charge >= 0.3 is 0 Å². The van der Waals surface area contributed by atoms with Crippen LogP contribution in [0.5, 0.6) is 0 Å². The summed E-state index contributed by atoms with van der Waals surface area (Å²) in [5.41, 5.74) is 2.89. The van der Waals surface area contributed by atoms with E-state index in [4.69, 9.17) is 34.8 Å². The predicted molar refractivity (Wildman–Crippen MR) is 88.9 cm³/mol. The molecule has 20 heavy (non-hydrogen) atoms. The Morgan fingerprint density at radius 3 is 2.35 bits per heavy atom. The highest BCUT2D eigenvalue weighted by Gasteiger charge is 2.10. The van der Waals surface area contributed by atoms with Crippen LogP contribution in [0.25, 0.3) is 11.1 Å². The third kappa shape index (κ3) is 3.67. The van der Waals surface area contributed by atoms with Gasteiger partial charge in [-0.05, 0) is 17.7 Å². The molecule has 4 heteroatoms.